The topological polar surface area (TPSA) is 68.5 Å². The fraction of sp³-hybridized carbons (Fsp3) is 0.357. The Balaban J connectivity index is 1.93. The smallest absolute Gasteiger partial charge is 0.306 e. The molecule has 7 heteroatoms. The number of benzene rings is 1. The lowest BCUT2D eigenvalue weighted by molar-refractivity contribution is -0.140. The van der Waals surface area contributed by atoms with Crippen molar-refractivity contribution < 1.29 is 14.1 Å². The summed E-state index contributed by atoms with van der Waals surface area (Å²) in [4.78, 5) is 17.3. The zero-order valence-electron chi connectivity index (χ0n) is 11.9. The Kier molecular flexibility index (Phi) is 5.30. The van der Waals surface area contributed by atoms with E-state index >= 15 is 0 Å². The molecule has 0 aliphatic rings. The zero-order chi connectivity index (χ0) is 15.2. The minimum absolute atomic E-state index is 0.241. The van der Waals surface area contributed by atoms with Gasteiger partial charge in [0.05, 0.1) is 20.1 Å². The largest absolute Gasteiger partial charge is 0.469 e. The molecule has 0 aliphatic heterocycles. The molecule has 112 valence electrons. The van der Waals surface area contributed by atoms with E-state index in [1.165, 1.54) is 7.11 Å². The van der Waals surface area contributed by atoms with Gasteiger partial charge in [0, 0.05) is 17.1 Å². The van der Waals surface area contributed by atoms with Gasteiger partial charge < -0.3 is 9.26 Å². The van der Waals surface area contributed by atoms with E-state index in [4.69, 9.17) is 16.1 Å². The molecule has 0 radical (unpaired) electrons. The predicted molar refractivity (Wildman–Crippen MR) is 77.7 cm³/mol. The summed E-state index contributed by atoms with van der Waals surface area (Å²) >= 11 is 5.84. The van der Waals surface area contributed by atoms with Crippen LogP contribution in [0.2, 0.25) is 5.02 Å². The molecule has 1 aromatic carbocycles. The lowest BCUT2D eigenvalue weighted by Crippen LogP contribution is -2.22. The first-order chi connectivity index (χ1) is 10.1. The number of carbonyl (C=O) groups excluding carboxylic acids is 1. The van der Waals surface area contributed by atoms with Crippen molar-refractivity contribution in [1.29, 1.82) is 0 Å². The Morgan fingerprint density at radius 2 is 2.10 bits per heavy atom. The summed E-state index contributed by atoms with van der Waals surface area (Å²) in [5.41, 5.74) is 0.839. The molecule has 1 heterocycles. The van der Waals surface area contributed by atoms with Gasteiger partial charge in [-0.15, -0.1) is 0 Å². The van der Waals surface area contributed by atoms with E-state index in [1.807, 2.05) is 24.1 Å². The molecule has 0 unspecified atom stereocenters. The van der Waals surface area contributed by atoms with Gasteiger partial charge in [-0.05, 0) is 31.3 Å². The fourth-order valence-electron chi connectivity index (χ4n) is 1.73. The summed E-state index contributed by atoms with van der Waals surface area (Å²) in [5.74, 6) is 0.768. The molecule has 0 atom stereocenters. The SMILES string of the molecule is COC(=O)CCN(C)Cc1nc(-c2ccc(Cl)cc2)no1. The van der Waals surface area contributed by atoms with Gasteiger partial charge in [-0.25, -0.2) is 0 Å². The molecular weight excluding hydrogens is 294 g/mol. The number of aromatic nitrogens is 2. The van der Waals surface area contributed by atoms with Crippen molar-refractivity contribution in [2.45, 2.75) is 13.0 Å². The van der Waals surface area contributed by atoms with Crippen LogP contribution < -0.4 is 0 Å². The number of hydrogen-bond acceptors (Lipinski definition) is 6. The summed E-state index contributed by atoms with van der Waals surface area (Å²) < 4.78 is 9.80. The van der Waals surface area contributed by atoms with E-state index < -0.39 is 0 Å². The Morgan fingerprint density at radius 1 is 1.38 bits per heavy atom. The van der Waals surface area contributed by atoms with E-state index in [1.54, 1.807) is 12.1 Å². The molecule has 1 aromatic heterocycles. The summed E-state index contributed by atoms with van der Waals surface area (Å²) in [7, 11) is 3.24. The van der Waals surface area contributed by atoms with E-state index in [-0.39, 0.29) is 5.97 Å². The van der Waals surface area contributed by atoms with Crippen molar-refractivity contribution >= 4 is 17.6 Å². The number of rotatable bonds is 6. The second kappa shape index (κ2) is 7.19. The predicted octanol–water partition coefficient (Wildman–Crippen LogP) is 2.38. The van der Waals surface area contributed by atoms with Crippen molar-refractivity contribution in [2.75, 3.05) is 20.7 Å². The first kappa shape index (κ1) is 15.5. The molecular formula is C14H16ClN3O3. The Hall–Kier alpha value is -1.92. The van der Waals surface area contributed by atoms with E-state index in [9.17, 15) is 4.79 Å². The second-order valence-corrected chi connectivity index (χ2v) is 5.02. The zero-order valence-corrected chi connectivity index (χ0v) is 12.6. The number of nitrogens with zero attached hydrogens (tertiary/aromatic N) is 3. The van der Waals surface area contributed by atoms with E-state index in [2.05, 4.69) is 14.9 Å². The maximum Gasteiger partial charge on any atom is 0.306 e. The molecule has 0 spiro atoms. The van der Waals surface area contributed by atoms with Crippen LogP contribution in [0.4, 0.5) is 0 Å². The number of halogens is 1. The molecule has 0 fully saturated rings. The van der Waals surface area contributed by atoms with Crippen LogP contribution in [0.25, 0.3) is 11.4 Å². The lowest BCUT2D eigenvalue weighted by Gasteiger charge is -2.12. The van der Waals surface area contributed by atoms with Crippen LogP contribution in [0, 0.1) is 0 Å². The number of esters is 1. The molecule has 0 saturated carbocycles. The van der Waals surface area contributed by atoms with Crippen molar-refractivity contribution in [3.05, 3.63) is 35.2 Å². The maximum atomic E-state index is 11.1. The minimum Gasteiger partial charge on any atom is -0.469 e. The first-order valence-electron chi connectivity index (χ1n) is 6.42. The molecule has 21 heavy (non-hydrogen) atoms. The van der Waals surface area contributed by atoms with Gasteiger partial charge in [0.1, 0.15) is 0 Å². The second-order valence-electron chi connectivity index (χ2n) is 4.58. The van der Waals surface area contributed by atoms with Crippen LogP contribution in [0.1, 0.15) is 12.3 Å². The van der Waals surface area contributed by atoms with Gasteiger partial charge in [0.15, 0.2) is 0 Å². The third kappa shape index (κ3) is 4.54. The van der Waals surface area contributed by atoms with Crippen molar-refractivity contribution in [2.24, 2.45) is 0 Å². The van der Waals surface area contributed by atoms with Crippen LogP contribution in [0.5, 0.6) is 0 Å². The average Bonchev–Trinajstić information content (AvgIpc) is 2.94. The number of ether oxygens (including phenoxy) is 1. The van der Waals surface area contributed by atoms with Crippen molar-refractivity contribution in [1.82, 2.24) is 15.0 Å². The van der Waals surface area contributed by atoms with Gasteiger partial charge in [-0.3, -0.25) is 9.69 Å². The Morgan fingerprint density at radius 3 is 2.76 bits per heavy atom. The van der Waals surface area contributed by atoms with Gasteiger partial charge in [-0.1, -0.05) is 16.8 Å². The number of carbonyl (C=O) groups is 1. The van der Waals surface area contributed by atoms with Crippen LogP contribution >= 0.6 is 11.6 Å². The molecule has 0 saturated heterocycles. The van der Waals surface area contributed by atoms with Crippen LogP contribution in [0.3, 0.4) is 0 Å². The summed E-state index contributed by atoms with van der Waals surface area (Å²) in [6.07, 6.45) is 0.325. The molecule has 2 aromatic rings. The highest BCUT2D eigenvalue weighted by Gasteiger charge is 2.11. The summed E-state index contributed by atoms with van der Waals surface area (Å²) in [5, 5.41) is 4.59. The van der Waals surface area contributed by atoms with Gasteiger partial charge in [0.25, 0.3) is 0 Å². The third-order valence-corrected chi connectivity index (χ3v) is 3.15. The number of methoxy groups -OCH3 is 1. The van der Waals surface area contributed by atoms with Gasteiger partial charge in [-0.2, -0.15) is 4.98 Å². The monoisotopic (exact) mass is 309 g/mol. The number of hydrogen-bond donors (Lipinski definition) is 0. The van der Waals surface area contributed by atoms with Crippen LogP contribution in [0.15, 0.2) is 28.8 Å². The van der Waals surface area contributed by atoms with Crippen LogP contribution in [-0.2, 0) is 16.1 Å². The maximum absolute atomic E-state index is 11.1. The Bertz CT molecular complexity index is 598. The highest BCUT2D eigenvalue weighted by atomic mass is 35.5. The summed E-state index contributed by atoms with van der Waals surface area (Å²) in [6, 6.07) is 7.21. The first-order valence-corrected chi connectivity index (χ1v) is 6.80. The quantitative estimate of drug-likeness (QED) is 0.763. The average molecular weight is 310 g/mol. The minimum atomic E-state index is -0.241. The van der Waals surface area contributed by atoms with Crippen molar-refractivity contribution in [3.8, 4) is 11.4 Å². The van der Waals surface area contributed by atoms with E-state index in [0.717, 1.165) is 5.56 Å². The molecule has 0 N–H and O–H groups in total. The molecule has 0 bridgehead atoms. The molecule has 0 amide bonds. The lowest BCUT2D eigenvalue weighted by atomic mass is 10.2. The summed E-state index contributed by atoms with van der Waals surface area (Å²) in [6.45, 7) is 1.03. The highest BCUT2D eigenvalue weighted by Crippen LogP contribution is 2.18. The standard InChI is InChI=1S/C14H16ClN3O3/c1-18(8-7-13(19)20-2)9-12-16-14(17-21-12)10-3-5-11(15)6-4-10/h3-6H,7-9H2,1-2H3. The molecule has 2 rings (SSSR count). The highest BCUT2D eigenvalue weighted by molar-refractivity contribution is 6.30. The normalized spacial score (nSPS) is 10.9. The van der Waals surface area contributed by atoms with E-state index in [0.29, 0.717) is 36.2 Å². The van der Waals surface area contributed by atoms with Crippen molar-refractivity contribution in [3.63, 3.8) is 0 Å². The fourth-order valence-corrected chi connectivity index (χ4v) is 1.86. The Labute approximate surface area is 127 Å². The van der Waals surface area contributed by atoms with Crippen LogP contribution in [-0.4, -0.2) is 41.7 Å². The van der Waals surface area contributed by atoms with Gasteiger partial charge >= 0.3 is 5.97 Å². The molecule has 6 nitrogen and oxygen atoms in total. The third-order valence-electron chi connectivity index (χ3n) is 2.90. The van der Waals surface area contributed by atoms with Gasteiger partial charge in [0.2, 0.25) is 11.7 Å². The molecule has 0 aliphatic carbocycles.